The molecule has 0 bridgehead atoms. The summed E-state index contributed by atoms with van der Waals surface area (Å²) in [6, 6.07) is 4.23. The molecular weight excluding hydrogens is 189 g/mol. The minimum absolute atomic E-state index is 0.872. The Labute approximate surface area is 64.3 Å². The number of aromatic nitrogens is 1. The summed E-state index contributed by atoms with van der Waals surface area (Å²) >= 11 is -0.872. The third-order valence-electron chi connectivity index (χ3n) is 1.46. The van der Waals surface area contributed by atoms with Crippen molar-refractivity contribution in [1.29, 1.82) is 0 Å². The summed E-state index contributed by atoms with van der Waals surface area (Å²) < 4.78 is 1.41. The molecule has 0 saturated heterocycles. The Bertz CT molecular complexity index is 247. The molecule has 0 atom stereocenters. The summed E-state index contributed by atoms with van der Waals surface area (Å²) in [5.74, 6) is 0. The summed E-state index contributed by atoms with van der Waals surface area (Å²) in [4.78, 5) is 7.88. The fourth-order valence-corrected chi connectivity index (χ4v) is 4.07. The van der Waals surface area contributed by atoms with E-state index in [1.54, 1.807) is 0 Å². The average molecular weight is 198 g/mol. The molecule has 1 nitrogen and oxygen atoms in total. The molecule has 0 aliphatic carbocycles. The Morgan fingerprint density at radius 2 is 2.00 bits per heavy atom. The van der Waals surface area contributed by atoms with Crippen LogP contribution >= 0.6 is 0 Å². The van der Waals surface area contributed by atoms with Crippen LogP contribution in [-0.2, 0) is 0 Å². The number of hydrogen-bond acceptors (Lipinski definition) is 0. The Morgan fingerprint density at radius 1 is 1.20 bits per heavy atom. The van der Waals surface area contributed by atoms with Crippen molar-refractivity contribution in [3.8, 4) is 0 Å². The Hall–Kier alpha value is -0.721. The van der Waals surface area contributed by atoms with Crippen molar-refractivity contribution in [1.82, 2.24) is 4.98 Å². The van der Waals surface area contributed by atoms with E-state index in [4.69, 9.17) is 0 Å². The van der Waals surface area contributed by atoms with Crippen molar-refractivity contribution in [3.63, 3.8) is 0 Å². The first-order valence-electron chi connectivity index (χ1n) is 3.23. The number of nitrogens with one attached hydrogen (secondary N) is 1. The van der Waals surface area contributed by atoms with E-state index in [0.717, 1.165) is 0 Å². The third-order valence-corrected chi connectivity index (χ3v) is 5.29. The first-order valence-corrected chi connectivity index (χ1v) is 6.34. The van der Waals surface area contributed by atoms with Crippen molar-refractivity contribution >= 4 is 18.5 Å². The van der Waals surface area contributed by atoms with Gasteiger partial charge in [-0.25, -0.2) is 0 Å². The number of aromatic amines is 1. The van der Waals surface area contributed by atoms with E-state index in [-0.39, 0.29) is 0 Å². The number of rotatable bonds is 1. The molecule has 1 aliphatic rings. The van der Waals surface area contributed by atoms with Crippen LogP contribution in [0.3, 0.4) is 0 Å². The van der Waals surface area contributed by atoms with Crippen LogP contribution in [0.15, 0.2) is 40.4 Å². The van der Waals surface area contributed by atoms with E-state index in [0.29, 0.717) is 0 Å². The molecule has 1 N–H and O–H groups in total. The van der Waals surface area contributed by atoms with Gasteiger partial charge in [-0.15, -0.1) is 0 Å². The summed E-state index contributed by atoms with van der Waals surface area (Å²) in [7, 11) is 0. The molecule has 0 aromatic carbocycles. The topological polar surface area (TPSA) is 15.8 Å². The molecule has 52 valence electrons. The average Bonchev–Trinajstić information content (AvgIpc) is 2.59. The fourth-order valence-electron chi connectivity index (χ4n) is 0.977. The van der Waals surface area contributed by atoms with Gasteiger partial charge in [0.2, 0.25) is 0 Å². The maximum atomic E-state index is 3.24. The van der Waals surface area contributed by atoms with Crippen molar-refractivity contribution in [2.24, 2.45) is 0 Å². The van der Waals surface area contributed by atoms with E-state index in [1.807, 2.05) is 6.20 Å². The van der Waals surface area contributed by atoms with Crippen LogP contribution in [0.25, 0.3) is 0 Å². The van der Waals surface area contributed by atoms with Crippen LogP contribution in [0.1, 0.15) is 0 Å². The molecular formula is C8H9NSe. The number of hydrogen-bond donors (Lipinski definition) is 1. The van der Waals surface area contributed by atoms with Crippen LogP contribution in [0.5, 0.6) is 0 Å². The second-order valence-corrected chi connectivity index (χ2v) is 6.12. The predicted molar refractivity (Wildman–Crippen MR) is 45.9 cm³/mol. The van der Waals surface area contributed by atoms with E-state index in [2.05, 4.69) is 39.2 Å². The molecule has 0 unspecified atom stereocenters. The zero-order chi connectivity index (χ0) is 6.81. The van der Waals surface area contributed by atoms with Gasteiger partial charge in [0.05, 0.1) is 0 Å². The summed E-state index contributed by atoms with van der Waals surface area (Å²) in [6.07, 6.45) is 6.27. The molecule has 0 fully saturated rings. The third kappa shape index (κ3) is 0.961. The summed E-state index contributed by atoms with van der Waals surface area (Å²) in [5, 5.41) is 0. The van der Waals surface area contributed by atoms with E-state index >= 15 is 0 Å². The first-order chi connectivity index (χ1) is 4.97. The number of allylic oxidation sites excluding steroid dienone is 2. The summed E-state index contributed by atoms with van der Waals surface area (Å²) in [5.41, 5.74) is 0. The van der Waals surface area contributed by atoms with Gasteiger partial charge < -0.3 is 0 Å². The van der Waals surface area contributed by atoms with Crippen molar-refractivity contribution in [2.75, 3.05) is 0 Å². The first kappa shape index (κ1) is 6.02. The molecule has 1 aliphatic heterocycles. The van der Waals surface area contributed by atoms with Crippen LogP contribution in [0.4, 0.5) is 0 Å². The molecule has 2 heterocycles. The Morgan fingerprint density at radius 3 is 2.60 bits per heavy atom. The van der Waals surface area contributed by atoms with Gasteiger partial charge in [-0.3, -0.25) is 0 Å². The van der Waals surface area contributed by atoms with Crippen molar-refractivity contribution in [2.45, 2.75) is 0 Å². The van der Waals surface area contributed by atoms with E-state index < -0.39 is 13.9 Å². The van der Waals surface area contributed by atoms with Crippen LogP contribution in [0, 0.1) is 0 Å². The predicted octanol–water partition coefficient (Wildman–Crippen LogP) is 0.653. The zero-order valence-electron chi connectivity index (χ0n) is 5.49. The zero-order valence-corrected chi connectivity index (χ0v) is 7.37. The molecule has 0 spiro atoms. The molecule has 0 radical (unpaired) electrons. The van der Waals surface area contributed by atoms with Crippen molar-refractivity contribution in [3.05, 3.63) is 40.4 Å². The number of H-pyrrole nitrogens is 1. The molecule has 2 heteroatoms. The maximum absolute atomic E-state index is 3.24. The van der Waals surface area contributed by atoms with Gasteiger partial charge in [0.25, 0.3) is 0 Å². The molecule has 1 aromatic rings. The van der Waals surface area contributed by atoms with E-state index in [9.17, 15) is 0 Å². The SMILES string of the molecule is C1=C[SeH](c2ccc[nH]2)C=C1. The Kier molecular flexibility index (Phi) is 1.50. The second kappa shape index (κ2) is 2.49. The van der Waals surface area contributed by atoms with Gasteiger partial charge in [0.1, 0.15) is 0 Å². The van der Waals surface area contributed by atoms with Crippen LogP contribution in [0.2, 0.25) is 0 Å². The fraction of sp³-hybridized carbons (Fsp3) is 0. The molecule has 10 heavy (non-hydrogen) atoms. The van der Waals surface area contributed by atoms with Gasteiger partial charge in [0, 0.05) is 0 Å². The molecule has 0 amide bonds. The standard InChI is InChI=1S/C8H9NSe/c1-2-7-10(6-1)8-4-3-5-9-8/h1-7,9-10H. The molecule has 1 aromatic heterocycles. The van der Waals surface area contributed by atoms with Gasteiger partial charge in [0.15, 0.2) is 0 Å². The second-order valence-electron chi connectivity index (χ2n) is 2.15. The van der Waals surface area contributed by atoms with Crippen molar-refractivity contribution < 1.29 is 0 Å². The summed E-state index contributed by atoms with van der Waals surface area (Å²) in [6.45, 7) is 0. The van der Waals surface area contributed by atoms with Gasteiger partial charge >= 0.3 is 63.9 Å². The normalized spacial score (nSPS) is 18.6. The van der Waals surface area contributed by atoms with Gasteiger partial charge in [-0.05, 0) is 0 Å². The molecule has 0 saturated carbocycles. The minimum atomic E-state index is -0.872. The van der Waals surface area contributed by atoms with Gasteiger partial charge in [-0.1, -0.05) is 0 Å². The van der Waals surface area contributed by atoms with Gasteiger partial charge in [-0.2, -0.15) is 0 Å². The Balaban J connectivity index is 2.29. The molecule has 2 rings (SSSR count). The van der Waals surface area contributed by atoms with Crippen LogP contribution < -0.4 is 4.59 Å². The monoisotopic (exact) mass is 199 g/mol. The van der Waals surface area contributed by atoms with E-state index in [1.165, 1.54) is 4.59 Å². The van der Waals surface area contributed by atoms with Crippen LogP contribution in [-0.4, -0.2) is 18.9 Å². The quantitative estimate of drug-likeness (QED) is 0.638.